The molecule has 0 unspecified atom stereocenters. The van der Waals surface area contributed by atoms with Crippen LogP contribution in [0.5, 0.6) is 5.75 Å². The van der Waals surface area contributed by atoms with Gasteiger partial charge in [-0.2, -0.15) is 0 Å². The number of aromatic nitrogens is 3. The zero-order valence-corrected chi connectivity index (χ0v) is 14.4. The van der Waals surface area contributed by atoms with E-state index >= 15 is 0 Å². The molecule has 0 radical (unpaired) electrons. The summed E-state index contributed by atoms with van der Waals surface area (Å²) >= 11 is 1.08. The quantitative estimate of drug-likeness (QED) is 0.484. The molecule has 1 atom stereocenters. The Bertz CT molecular complexity index is 903. The van der Waals surface area contributed by atoms with Crippen molar-refractivity contribution in [2.24, 2.45) is 5.73 Å². The molecule has 3 aromatic rings. The average Bonchev–Trinajstić information content (AvgIpc) is 2.99. The number of rotatable bonds is 7. The summed E-state index contributed by atoms with van der Waals surface area (Å²) in [7, 11) is 0. The molecule has 0 aliphatic carbocycles. The number of nitrogens with zero attached hydrogens (tertiary/aromatic N) is 3. The van der Waals surface area contributed by atoms with Gasteiger partial charge in [-0.3, -0.25) is 4.79 Å². The monoisotopic (exact) mass is 373 g/mol. The molecule has 0 bridgehead atoms. The van der Waals surface area contributed by atoms with Crippen molar-refractivity contribution in [1.29, 1.82) is 0 Å². The van der Waals surface area contributed by atoms with Crippen LogP contribution in [-0.4, -0.2) is 20.8 Å². The van der Waals surface area contributed by atoms with Crippen molar-refractivity contribution in [3.05, 3.63) is 71.8 Å². The molecule has 2 aromatic carbocycles. The van der Waals surface area contributed by atoms with Gasteiger partial charge in [0.25, 0.3) is 0 Å². The summed E-state index contributed by atoms with van der Waals surface area (Å²) in [6, 6.07) is 15.1. The smallest absolute Gasteiger partial charge is 0.235 e. The van der Waals surface area contributed by atoms with E-state index in [4.69, 9.17) is 16.3 Å². The summed E-state index contributed by atoms with van der Waals surface area (Å²) in [6.07, 6.45) is 0. The number of halogens is 1. The molecule has 1 aromatic heterocycles. The SMILES string of the molecule is NC(=O)[C@H](Sc1nnc(COc2ccccc2F)n1N)c1ccccc1. The minimum absolute atomic E-state index is 0.0719. The Labute approximate surface area is 153 Å². The van der Waals surface area contributed by atoms with Gasteiger partial charge in [0.15, 0.2) is 17.4 Å². The van der Waals surface area contributed by atoms with E-state index in [1.807, 2.05) is 18.2 Å². The van der Waals surface area contributed by atoms with Gasteiger partial charge in [0.05, 0.1) is 0 Å². The highest BCUT2D eigenvalue weighted by atomic mass is 32.2. The van der Waals surface area contributed by atoms with E-state index < -0.39 is 17.0 Å². The lowest BCUT2D eigenvalue weighted by Gasteiger charge is -2.12. The van der Waals surface area contributed by atoms with Crippen LogP contribution < -0.4 is 16.3 Å². The molecule has 7 nitrogen and oxygen atoms in total. The largest absolute Gasteiger partial charge is 0.482 e. The number of hydrogen-bond donors (Lipinski definition) is 2. The van der Waals surface area contributed by atoms with Crippen molar-refractivity contribution in [3.8, 4) is 5.75 Å². The number of hydrogen-bond acceptors (Lipinski definition) is 6. The van der Waals surface area contributed by atoms with Crippen LogP contribution in [0.1, 0.15) is 16.6 Å². The van der Waals surface area contributed by atoms with Crippen LogP contribution in [0.3, 0.4) is 0 Å². The lowest BCUT2D eigenvalue weighted by molar-refractivity contribution is -0.117. The van der Waals surface area contributed by atoms with E-state index in [1.165, 1.54) is 16.8 Å². The zero-order valence-electron chi connectivity index (χ0n) is 13.6. The van der Waals surface area contributed by atoms with Crippen LogP contribution in [0.4, 0.5) is 4.39 Å². The number of benzene rings is 2. The molecule has 1 amide bonds. The van der Waals surface area contributed by atoms with Gasteiger partial charge >= 0.3 is 0 Å². The lowest BCUT2D eigenvalue weighted by atomic mass is 10.1. The molecule has 0 aliphatic heterocycles. The van der Waals surface area contributed by atoms with E-state index in [0.29, 0.717) is 5.16 Å². The van der Waals surface area contributed by atoms with Crippen LogP contribution in [-0.2, 0) is 11.4 Å². The van der Waals surface area contributed by atoms with Gasteiger partial charge in [0.2, 0.25) is 11.1 Å². The maximum absolute atomic E-state index is 13.6. The minimum atomic E-state index is -0.664. The molecule has 3 rings (SSSR count). The molecule has 0 aliphatic rings. The second-order valence-electron chi connectivity index (χ2n) is 5.30. The van der Waals surface area contributed by atoms with Crippen LogP contribution in [0, 0.1) is 5.82 Å². The molecule has 26 heavy (non-hydrogen) atoms. The Morgan fingerprint density at radius 1 is 1.15 bits per heavy atom. The van der Waals surface area contributed by atoms with Gasteiger partial charge in [0.1, 0.15) is 11.9 Å². The van der Waals surface area contributed by atoms with Crippen molar-refractivity contribution in [2.45, 2.75) is 17.0 Å². The maximum Gasteiger partial charge on any atom is 0.235 e. The van der Waals surface area contributed by atoms with Crippen molar-refractivity contribution in [3.63, 3.8) is 0 Å². The number of carbonyl (C=O) groups is 1. The molecule has 0 fully saturated rings. The van der Waals surface area contributed by atoms with Crippen molar-refractivity contribution < 1.29 is 13.9 Å². The highest BCUT2D eigenvalue weighted by molar-refractivity contribution is 8.00. The average molecular weight is 373 g/mol. The van der Waals surface area contributed by atoms with Gasteiger partial charge in [-0.15, -0.1) is 10.2 Å². The Morgan fingerprint density at radius 2 is 1.85 bits per heavy atom. The lowest BCUT2D eigenvalue weighted by Crippen LogP contribution is -2.21. The summed E-state index contributed by atoms with van der Waals surface area (Å²) in [4.78, 5) is 11.8. The third-order valence-corrected chi connectivity index (χ3v) is 4.74. The van der Waals surface area contributed by atoms with Gasteiger partial charge in [-0.05, 0) is 17.7 Å². The Balaban J connectivity index is 1.74. The Morgan fingerprint density at radius 3 is 2.54 bits per heavy atom. The number of ether oxygens (including phenoxy) is 1. The molecule has 0 spiro atoms. The first-order chi connectivity index (χ1) is 12.6. The summed E-state index contributed by atoms with van der Waals surface area (Å²) in [6.45, 7) is -0.0719. The fourth-order valence-corrected chi connectivity index (χ4v) is 3.14. The molecule has 0 saturated heterocycles. The number of primary amides is 1. The predicted octanol–water partition coefficient (Wildman–Crippen LogP) is 2.03. The summed E-state index contributed by atoms with van der Waals surface area (Å²) < 4.78 is 20.2. The first-order valence-electron chi connectivity index (χ1n) is 7.64. The second kappa shape index (κ2) is 7.87. The molecule has 4 N–H and O–H groups in total. The number of nitrogen functional groups attached to an aromatic ring is 1. The molecular formula is C17H16FN5O2S. The number of carbonyl (C=O) groups excluding carboxylic acids is 1. The number of thioether (sulfide) groups is 1. The second-order valence-corrected chi connectivity index (χ2v) is 6.37. The standard InChI is InChI=1S/C17H16FN5O2S/c18-12-8-4-5-9-13(12)25-10-14-21-22-17(23(14)20)26-15(16(19)24)11-6-2-1-3-7-11/h1-9,15H,10,20H2,(H2,19,24)/t15-/m1/s1. The molecule has 134 valence electrons. The van der Waals surface area contributed by atoms with Crippen LogP contribution in [0.2, 0.25) is 0 Å². The van der Waals surface area contributed by atoms with Crippen molar-refractivity contribution >= 4 is 17.7 Å². The van der Waals surface area contributed by atoms with Gasteiger partial charge in [-0.1, -0.05) is 54.2 Å². The first-order valence-corrected chi connectivity index (χ1v) is 8.52. The number of nitrogens with two attached hydrogens (primary N) is 2. The molecule has 1 heterocycles. The van der Waals surface area contributed by atoms with Gasteiger partial charge in [-0.25, -0.2) is 9.07 Å². The van der Waals surface area contributed by atoms with E-state index in [1.54, 1.807) is 24.3 Å². The fraction of sp³-hybridized carbons (Fsp3) is 0.118. The van der Waals surface area contributed by atoms with Crippen molar-refractivity contribution in [1.82, 2.24) is 14.9 Å². The van der Waals surface area contributed by atoms with Crippen LogP contribution in [0.25, 0.3) is 0 Å². The summed E-state index contributed by atoms with van der Waals surface area (Å²) in [5.74, 6) is 5.35. The summed E-state index contributed by atoms with van der Waals surface area (Å²) in [5, 5.41) is 7.53. The Kier molecular flexibility index (Phi) is 5.37. The number of para-hydroxylation sites is 1. The van der Waals surface area contributed by atoms with Gasteiger partial charge < -0.3 is 16.3 Å². The highest BCUT2D eigenvalue weighted by Gasteiger charge is 2.23. The van der Waals surface area contributed by atoms with Crippen LogP contribution in [0.15, 0.2) is 59.8 Å². The van der Waals surface area contributed by atoms with Gasteiger partial charge in [0, 0.05) is 0 Å². The highest BCUT2D eigenvalue weighted by Crippen LogP contribution is 2.33. The van der Waals surface area contributed by atoms with E-state index in [9.17, 15) is 9.18 Å². The first kappa shape index (κ1) is 17.7. The minimum Gasteiger partial charge on any atom is -0.482 e. The van der Waals surface area contributed by atoms with E-state index in [2.05, 4.69) is 10.2 Å². The normalized spacial score (nSPS) is 11.9. The fourth-order valence-electron chi connectivity index (χ4n) is 2.21. The molecular weight excluding hydrogens is 357 g/mol. The van der Waals surface area contributed by atoms with E-state index in [-0.39, 0.29) is 18.2 Å². The van der Waals surface area contributed by atoms with Crippen molar-refractivity contribution in [2.75, 3.05) is 5.84 Å². The molecule has 9 heteroatoms. The number of amides is 1. The molecule has 0 saturated carbocycles. The zero-order chi connectivity index (χ0) is 18.5. The Hall–Kier alpha value is -3.07. The maximum atomic E-state index is 13.6. The third-order valence-electron chi connectivity index (χ3n) is 3.51. The predicted molar refractivity (Wildman–Crippen MR) is 95.1 cm³/mol. The van der Waals surface area contributed by atoms with E-state index in [0.717, 1.165) is 17.3 Å². The van der Waals surface area contributed by atoms with Crippen LogP contribution >= 0.6 is 11.8 Å². The topological polar surface area (TPSA) is 109 Å². The summed E-state index contributed by atoms with van der Waals surface area (Å²) in [5.41, 5.74) is 6.23. The third kappa shape index (κ3) is 3.94.